The summed E-state index contributed by atoms with van der Waals surface area (Å²) in [4.78, 5) is 23.8. The molecule has 3 aliphatic rings. The van der Waals surface area contributed by atoms with Crippen LogP contribution in [-0.2, 0) is 38.0 Å². The zero-order valence-corrected chi connectivity index (χ0v) is 27.9. The zero-order valence-electron chi connectivity index (χ0n) is 27.9. The number of rotatable bonds is 19. The lowest BCUT2D eigenvalue weighted by atomic mass is 9.96. The van der Waals surface area contributed by atoms with Gasteiger partial charge in [0.1, 0.15) is 73.2 Å². The summed E-state index contributed by atoms with van der Waals surface area (Å²) in [5.74, 6) is -0.265. The summed E-state index contributed by atoms with van der Waals surface area (Å²) in [6, 6.07) is 0. The van der Waals surface area contributed by atoms with E-state index in [1.165, 1.54) is 0 Å². The fourth-order valence-corrected chi connectivity index (χ4v) is 5.73. The van der Waals surface area contributed by atoms with Gasteiger partial charge in [-0.25, -0.2) is 0 Å². The van der Waals surface area contributed by atoms with Crippen molar-refractivity contribution in [1.82, 2.24) is 10.6 Å². The predicted octanol–water partition coefficient (Wildman–Crippen LogP) is -5.96. The Morgan fingerprint density at radius 3 is 1.64 bits per heavy atom. The van der Waals surface area contributed by atoms with Crippen molar-refractivity contribution in [1.29, 1.82) is 0 Å². The molecule has 3 fully saturated rings. The van der Waals surface area contributed by atoms with Crippen molar-refractivity contribution in [3.63, 3.8) is 0 Å². The SMILES string of the molecule is CCNC(=O)CCCCCCC(=O)NCCO[C@H]1O[C@H](CO[C@H]2O[C@H](CO)[C@@H](O)[C@H](O)[C@@H]2O)[C@@H](O)[C@H](O[C@H]2O[C@H](CO)[C@@H](O)[C@H](O)[C@@H]2O)[C@@H]1O. The predicted molar refractivity (Wildman–Crippen MR) is 164 cm³/mol. The van der Waals surface area contributed by atoms with Crippen molar-refractivity contribution < 1.29 is 89.1 Å². The fraction of sp³-hybridized carbons (Fsp3) is 0.933. The number of carbonyl (C=O) groups is 2. The number of unbranched alkanes of at least 4 members (excludes halogenated alkanes) is 3. The van der Waals surface area contributed by atoms with E-state index >= 15 is 0 Å². The van der Waals surface area contributed by atoms with Crippen LogP contribution in [0.15, 0.2) is 0 Å². The second-order valence-electron chi connectivity index (χ2n) is 12.4. The van der Waals surface area contributed by atoms with Crippen molar-refractivity contribution in [3.8, 4) is 0 Å². The number of hydrogen-bond donors (Lipinski definition) is 12. The number of aliphatic hydroxyl groups excluding tert-OH is 10. The Balaban J connectivity index is 1.58. The molecule has 3 rings (SSSR count). The molecule has 0 radical (unpaired) electrons. The molecule has 0 unspecified atom stereocenters. The maximum atomic E-state index is 12.3. The van der Waals surface area contributed by atoms with E-state index in [9.17, 15) is 60.7 Å². The van der Waals surface area contributed by atoms with Gasteiger partial charge in [0.25, 0.3) is 0 Å². The van der Waals surface area contributed by atoms with Gasteiger partial charge in [0, 0.05) is 25.9 Å². The minimum absolute atomic E-state index is 0.00454. The number of hydrogen-bond acceptors (Lipinski definition) is 18. The third-order valence-corrected chi connectivity index (χ3v) is 8.69. The third kappa shape index (κ3) is 11.7. The molecule has 0 aliphatic carbocycles. The summed E-state index contributed by atoms with van der Waals surface area (Å²) in [7, 11) is 0. The monoisotopic (exact) mass is 730 g/mol. The Kier molecular flexibility index (Phi) is 18.0. The van der Waals surface area contributed by atoms with E-state index in [2.05, 4.69) is 10.6 Å². The van der Waals surface area contributed by atoms with Crippen LogP contribution in [0.5, 0.6) is 0 Å². The second kappa shape index (κ2) is 21.1. The average molecular weight is 731 g/mol. The van der Waals surface area contributed by atoms with Crippen LogP contribution in [0.1, 0.15) is 45.4 Å². The topological polar surface area (TPSA) is 316 Å². The van der Waals surface area contributed by atoms with Crippen molar-refractivity contribution >= 4 is 11.8 Å². The van der Waals surface area contributed by atoms with Gasteiger partial charge in [-0.2, -0.15) is 0 Å². The molecular formula is C30H54N2O18. The highest BCUT2D eigenvalue weighted by Crippen LogP contribution is 2.31. The molecule has 50 heavy (non-hydrogen) atoms. The summed E-state index contributed by atoms with van der Waals surface area (Å²) >= 11 is 0. The molecule has 15 atom stereocenters. The quantitative estimate of drug-likeness (QED) is 0.0551. The number of aliphatic hydroxyl groups is 10. The first-order chi connectivity index (χ1) is 23.8. The maximum Gasteiger partial charge on any atom is 0.220 e. The summed E-state index contributed by atoms with van der Waals surface area (Å²) < 4.78 is 33.2. The van der Waals surface area contributed by atoms with Gasteiger partial charge in [0.15, 0.2) is 18.9 Å². The van der Waals surface area contributed by atoms with Crippen molar-refractivity contribution in [2.75, 3.05) is 39.5 Å². The highest BCUT2D eigenvalue weighted by molar-refractivity contribution is 5.76. The van der Waals surface area contributed by atoms with E-state index in [4.69, 9.17) is 28.4 Å². The van der Waals surface area contributed by atoms with Gasteiger partial charge in [-0.15, -0.1) is 0 Å². The molecule has 20 heteroatoms. The minimum Gasteiger partial charge on any atom is -0.394 e. The largest absolute Gasteiger partial charge is 0.394 e. The third-order valence-electron chi connectivity index (χ3n) is 8.69. The zero-order chi connectivity index (χ0) is 37.0. The Bertz CT molecular complexity index is 1010. The minimum atomic E-state index is -1.88. The number of carbonyl (C=O) groups excluding carboxylic acids is 2. The fourth-order valence-electron chi connectivity index (χ4n) is 5.73. The van der Waals surface area contributed by atoms with Crippen LogP contribution in [-0.4, -0.2) is 195 Å². The second-order valence-corrected chi connectivity index (χ2v) is 12.4. The number of amides is 2. The van der Waals surface area contributed by atoms with Crippen LogP contribution in [0.3, 0.4) is 0 Å². The van der Waals surface area contributed by atoms with E-state index in [-0.39, 0.29) is 31.4 Å². The highest BCUT2D eigenvalue weighted by Gasteiger charge is 2.52. The van der Waals surface area contributed by atoms with E-state index in [1.54, 1.807) is 0 Å². The summed E-state index contributed by atoms with van der Waals surface area (Å²) in [5.41, 5.74) is 0. The molecular weight excluding hydrogens is 676 g/mol. The Labute approximate surface area is 288 Å². The van der Waals surface area contributed by atoms with E-state index in [0.717, 1.165) is 19.3 Å². The first-order valence-electron chi connectivity index (χ1n) is 16.9. The molecule has 0 aromatic carbocycles. The van der Waals surface area contributed by atoms with Crippen molar-refractivity contribution in [2.24, 2.45) is 0 Å². The average Bonchev–Trinajstić information content (AvgIpc) is 3.10. The van der Waals surface area contributed by atoms with Gasteiger partial charge in [-0.3, -0.25) is 9.59 Å². The lowest BCUT2D eigenvalue weighted by molar-refractivity contribution is -0.366. The molecule has 0 saturated carbocycles. The van der Waals surface area contributed by atoms with E-state index < -0.39 is 112 Å². The normalized spacial score (nSPS) is 39.2. The van der Waals surface area contributed by atoms with Gasteiger partial charge in [0.05, 0.1) is 26.4 Å². The van der Waals surface area contributed by atoms with Gasteiger partial charge < -0.3 is 90.1 Å². The molecule has 0 bridgehead atoms. The van der Waals surface area contributed by atoms with E-state index in [1.807, 2.05) is 6.92 Å². The van der Waals surface area contributed by atoms with Crippen LogP contribution >= 0.6 is 0 Å². The van der Waals surface area contributed by atoms with Gasteiger partial charge >= 0.3 is 0 Å². The molecule has 2 amide bonds. The standard InChI is InChI=1S/C30H54N2O18/c1-2-31-17(35)7-5-3-4-6-8-18(36)32-9-10-45-29-26(44)27(50-30-25(43)23(41)20(38)15(12-34)48-30)21(39)16(49-29)13-46-28-24(42)22(40)19(37)14(11-33)47-28/h14-16,19-30,33-34,37-44H,2-13H2,1H3,(H,31,35)(H,32,36)/t14-,15-,16-,19-,20-,21-,22+,23+,24+,25+,26+,27+,28+,29+,30-/m1/s1. The lowest BCUT2D eigenvalue weighted by Gasteiger charge is -2.46. The molecule has 20 nitrogen and oxygen atoms in total. The number of ether oxygens (including phenoxy) is 6. The van der Waals surface area contributed by atoms with Crippen LogP contribution in [0.25, 0.3) is 0 Å². The summed E-state index contributed by atoms with van der Waals surface area (Å²) in [6.45, 7) is 0.129. The summed E-state index contributed by atoms with van der Waals surface area (Å²) in [6.07, 6.45) is -21.3. The Hall–Kier alpha value is -1.70. The molecule has 3 aliphatic heterocycles. The Morgan fingerprint density at radius 2 is 1.08 bits per heavy atom. The Morgan fingerprint density at radius 1 is 0.580 bits per heavy atom. The van der Waals surface area contributed by atoms with Crippen LogP contribution in [0.4, 0.5) is 0 Å². The molecule has 0 aromatic rings. The van der Waals surface area contributed by atoms with Gasteiger partial charge in [-0.1, -0.05) is 12.8 Å². The molecule has 0 spiro atoms. The smallest absolute Gasteiger partial charge is 0.220 e. The molecule has 0 aromatic heterocycles. The lowest BCUT2D eigenvalue weighted by Crippen LogP contribution is -2.65. The van der Waals surface area contributed by atoms with Crippen LogP contribution < -0.4 is 10.6 Å². The highest BCUT2D eigenvalue weighted by atomic mass is 16.7. The molecule has 12 N–H and O–H groups in total. The summed E-state index contributed by atoms with van der Waals surface area (Å²) in [5, 5.41) is 108. The van der Waals surface area contributed by atoms with Gasteiger partial charge in [-0.05, 0) is 19.8 Å². The molecule has 3 heterocycles. The first-order valence-corrected chi connectivity index (χ1v) is 16.9. The van der Waals surface area contributed by atoms with Crippen LogP contribution in [0, 0.1) is 0 Å². The van der Waals surface area contributed by atoms with Crippen molar-refractivity contribution in [3.05, 3.63) is 0 Å². The number of nitrogens with one attached hydrogen (secondary N) is 2. The van der Waals surface area contributed by atoms with E-state index in [0.29, 0.717) is 19.4 Å². The van der Waals surface area contributed by atoms with Crippen molar-refractivity contribution in [2.45, 2.75) is 138 Å². The first kappa shape index (κ1) is 42.7. The maximum absolute atomic E-state index is 12.3. The van der Waals surface area contributed by atoms with Crippen LogP contribution in [0.2, 0.25) is 0 Å². The molecule has 292 valence electrons. The molecule has 3 saturated heterocycles. The van der Waals surface area contributed by atoms with Gasteiger partial charge in [0.2, 0.25) is 11.8 Å².